The van der Waals surface area contributed by atoms with Gasteiger partial charge >= 0.3 is 6.18 Å². The van der Waals surface area contributed by atoms with Crippen molar-refractivity contribution >= 4 is 0 Å². The van der Waals surface area contributed by atoms with Crippen LogP contribution in [0.25, 0.3) is 5.82 Å². The van der Waals surface area contributed by atoms with Gasteiger partial charge in [-0.15, -0.1) is 0 Å². The van der Waals surface area contributed by atoms with Crippen molar-refractivity contribution in [3.05, 3.63) is 83.8 Å². The lowest BCUT2D eigenvalue weighted by Gasteiger charge is -2.41. The molecule has 1 aliphatic heterocycles. The van der Waals surface area contributed by atoms with Gasteiger partial charge in [0.25, 0.3) is 0 Å². The Bertz CT molecular complexity index is 993. The number of benzene rings is 1. The second kappa shape index (κ2) is 8.85. The van der Waals surface area contributed by atoms with Crippen molar-refractivity contribution in [2.24, 2.45) is 5.41 Å². The molecule has 2 aromatic heterocycles. The number of likely N-dealkylation sites (tertiary alicyclic amines) is 1. The highest BCUT2D eigenvalue weighted by molar-refractivity contribution is 5.31. The number of aliphatic hydroxyl groups excluding tert-OH is 1. The van der Waals surface area contributed by atoms with Crippen LogP contribution in [0.4, 0.5) is 13.2 Å². The molecule has 4 rings (SSSR count). The topological polar surface area (TPSA) is 41.3 Å². The molecule has 7 heteroatoms. The maximum atomic E-state index is 13.4. The standard InChI is InChI=1S/C24H26F3N3O/c25-24(26,27)21-8-2-1-6-19(21)16-23(18-31)10-14-29(15-11-23)17-20-7-5-13-30(20)22-9-3-4-12-28-22/h1-9,12-13,31H,10-11,14-18H2. The lowest BCUT2D eigenvalue weighted by atomic mass is 9.73. The summed E-state index contributed by atoms with van der Waals surface area (Å²) < 4.78 is 42.3. The fraction of sp³-hybridized carbons (Fsp3) is 0.375. The zero-order chi connectivity index (χ0) is 21.9. The first kappa shape index (κ1) is 21.6. The summed E-state index contributed by atoms with van der Waals surface area (Å²) in [7, 11) is 0. The molecule has 0 radical (unpaired) electrons. The smallest absolute Gasteiger partial charge is 0.396 e. The molecular formula is C24H26F3N3O. The van der Waals surface area contributed by atoms with E-state index in [2.05, 4.69) is 16.0 Å². The Balaban J connectivity index is 1.44. The van der Waals surface area contributed by atoms with Gasteiger partial charge in [0, 0.05) is 31.2 Å². The van der Waals surface area contributed by atoms with Gasteiger partial charge < -0.3 is 9.67 Å². The summed E-state index contributed by atoms with van der Waals surface area (Å²) in [6.45, 7) is 2.06. The van der Waals surface area contributed by atoms with Crippen LogP contribution >= 0.6 is 0 Å². The monoisotopic (exact) mass is 429 g/mol. The highest BCUT2D eigenvalue weighted by Gasteiger charge is 2.38. The molecule has 3 heterocycles. The van der Waals surface area contributed by atoms with Gasteiger partial charge in [0.05, 0.1) is 5.56 Å². The lowest BCUT2D eigenvalue weighted by molar-refractivity contribution is -0.138. The first-order valence-corrected chi connectivity index (χ1v) is 10.5. The number of aromatic nitrogens is 2. The minimum absolute atomic E-state index is 0.114. The van der Waals surface area contributed by atoms with Gasteiger partial charge in [-0.1, -0.05) is 24.3 Å². The van der Waals surface area contributed by atoms with E-state index in [0.717, 1.165) is 37.2 Å². The summed E-state index contributed by atoms with van der Waals surface area (Å²) in [5, 5.41) is 10.1. The molecule has 0 amide bonds. The van der Waals surface area contributed by atoms with E-state index < -0.39 is 17.2 Å². The van der Waals surface area contributed by atoms with Crippen LogP contribution in [-0.4, -0.2) is 39.3 Å². The molecule has 0 spiro atoms. The predicted octanol–water partition coefficient (Wildman–Crippen LogP) is 4.71. The van der Waals surface area contributed by atoms with Gasteiger partial charge in [0.1, 0.15) is 5.82 Å². The summed E-state index contributed by atoms with van der Waals surface area (Å²) in [5.41, 5.74) is 0.249. The van der Waals surface area contributed by atoms with Crippen molar-refractivity contribution in [2.45, 2.75) is 32.0 Å². The van der Waals surface area contributed by atoms with E-state index in [1.165, 1.54) is 12.1 Å². The Labute approximate surface area is 180 Å². The number of hydrogen-bond acceptors (Lipinski definition) is 3. The molecule has 1 saturated heterocycles. The Hall–Kier alpha value is -2.64. The highest BCUT2D eigenvalue weighted by Crippen LogP contribution is 2.39. The van der Waals surface area contributed by atoms with Gasteiger partial charge in [-0.3, -0.25) is 4.90 Å². The van der Waals surface area contributed by atoms with Crippen LogP contribution in [0, 0.1) is 5.41 Å². The average Bonchev–Trinajstić information content (AvgIpc) is 3.24. The first-order valence-electron chi connectivity index (χ1n) is 10.5. The number of alkyl halides is 3. The van der Waals surface area contributed by atoms with Gasteiger partial charge in [-0.25, -0.2) is 4.98 Å². The lowest BCUT2D eigenvalue weighted by Crippen LogP contribution is -2.43. The van der Waals surface area contributed by atoms with Crippen molar-refractivity contribution in [3.8, 4) is 5.82 Å². The summed E-state index contributed by atoms with van der Waals surface area (Å²) >= 11 is 0. The largest absolute Gasteiger partial charge is 0.416 e. The maximum absolute atomic E-state index is 13.4. The third kappa shape index (κ3) is 4.83. The van der Waals surface area contributed by atoms with E-state index in [1.54, 1.807) is 12.3 Å². The maximum Gasteiger partial charge on any atom is 0.416 e. The van der Waals surface area contributed by atoms with Gasteiger partial charge in [-0.2, -0.15) is 13.2 Å². The number of pyridine rings is 1. The average molecular weight is 429 g/mol. The zero-order valence-corrected chi connectivity index (χ0v) is 17.2. The molecule has 164 valence electrons. The van der Waals surface area contributed by atoms with Crippen LogP contribution in [0.5, 0.6) is 0 Å². The number of halogens is 3. The van der Waals surface area contributed by atoms with Crippen molar-refractivity contribution in [1.82, 2.24) is 14.5 Å². The SMILES string of the molecule is OCC1(Cc2ccccc2C(F)(F)F)CCN(Cc2cccn2-c2ccccn2)CC1. The van der Waals surface area contributed by atoms with E-state index in [9.17, 15) is 18.3 Å². The minimum Gasteiger partial charge on any atom is -0.396 e. The van der Waals surface area contributed by atoms with Gasteiger partial charge in [0.15, 0.2) is 0 Å². The molecule has 0 bridgehead atoms. The van der Waals surface area contributed by atoms with Crippen LogP contribution in [0.3, 0.4) is 0 Å². The van der Waals surface area contributed by atoms with Crippen LogP contribution in [0.1, 0.15) is 29.7 Å². The molecule has 0 atom stereocenters. The molecule has 31 heavy (non-hydrogen) atoms. The van der Waals surface area contributed by atoms with E-state index in [4.69, 9.17) is 0 Å². The summed E-state index contributed by atoms with van der Waals surface area (Å²) in [5.74, 6) is 0.855. The third-order valence-electron chi connectivity index (χ3n) is 6.26. The zero-order valence-electron chi connectivity index (χ0n) is 17.2. The van der Waals surface area contributed by atoms with Crippen molar-refractivity contribution in [1.29, 1.82) is 0 Å². The Morgan fingerprint density at radius 1 is 0.968 bits per heavy atom. The molecule has 1 aliphatic rings. The van der Waals surface area contributed by atoms with Crippen molar-refractivity contribution in [3.63, 3.8) is 0 Å². The normalized spacial score (nSPS) is 17.0. The number of rotatable bonds is 6. The summed E-state index contributed by atoms with van der Waals surface area (Å²) in [6.07, 6.45) is 0.893. The molecule has 0 saturated carbocycles. The van der Waals surface area contributed by atoms with E-state index in [1.807, 2.05) is 35.0 Å². The molecule has 0 unspecified atom stereocenters. The molecule has 1 N–H and O–H groups in total. The molecule has 1 fully saturated rings. The number of nitrogens with zero attached hydrogens (tertiary/aromatic N) is 3. The Morgan fingerprint density at radius 3 is 2.39 bits per heavy atom. The van der Waals surface area contributed by atoms with Crippen molar-refractivity contribution in [2.75, 3.05) is 19.7 Å². The second-order valence-corrected chi connectivity index (χ2v) is 8.32. The minimum atomic E-state index is -4.38. The Kier molecular flexibility index (Phi) is 6.16. The van der Waals surface area contributed by atoms with Gasteiger partial charge in [0.2, 0.25) is 0 Å². The van der Waals surface area contributed by atoms with Crippen LogP contribution in [0.2, 0.25) is 0 Å². The third-order valence-corrected chi connectivity index (χ3v) is 6.26. The second-order valence-electron chi connectivity index (χ2n) is 8.32. The van der Waals surface area contributed by atoms with Crippen molar-refractivity contribution < 1.29 is 18.3 Å². The first-order chi connectivity index (χ1) is 14.9. The molecular weight excluding hydrogens is 403 g/mol. The van der Waals surface area contributed by atoms with Crippen LogP contribution in [-0.2, 0) is 19.1 Å². The highest BCUT2D eigenvalue weighted by atomic mass is 19.4. The van der Waals surface area contributed by atoms with Crippen LogP contribution < -0.4 is 0 Å². The molecule has 4 nitrogen and oxygen atoms in total. The van der Waals surface area contributed by atoms with Gasteiger partial charge in [-0.05, 0) is 73.7 Å². The molecule has 3 aromatic rings. The van der Waals surface area contributed by atoms with E-state index >= 15 is 0 Å². The molecule has 0 aliphatic carbocycles. The van der Waals surface area contributed by atoms with E-state index in [-0.39, 0.29) is 18.6 Å². The molecule has 1 aromatic carbocycles. The van der Waals surface area contributed by atoms with E-state index in [0.29, 0.717) is 12.8 Å². The Morgan fingerprint density at radius 2 is 1.71 bits per heavy atom. The summed E-state index contributed by atoms with van der Waals surface area (Å²) in [4.78, 5) is 6.70. The number of hydrogen-bond donors (Lipinski definition) is 1. The predicted molar refractivity (Wildman–Crippen MR) is 113 cm³/mol. The fourth-order valence-electron chi connectivity index (χ4n) is 4.43. The number of piperidine rings is 1. The van der Waals surface area contributed by atoms with Crippen LogP contribution in [0.15, 0.2) is 67.0 Å². The fourth-order valence-corrected chi connectivity index (χ4v) is 4.43. The number of aliphatic hydroxyl groups is 1. The summed E-state index contributed by atoms with van der Waals surface area (Å²) in [6, 6.07) is 15.5. The quantitative estimate of drug-likeness (QED) is 0.617.